The molecule has 0 amide bonds. The Morgan fingerprint density at radius 3 is 2.65 bits per heavy atom. The number of hydrogen-bond acceptors (Lipinski definition) is 3. The molecule has 138 valence electrons. The van der Waals surface area contributed by atoms with Gasteiger partial charge in [-0.15, -0.1) is 0 Å². The Morgan fingerprint density at radius 1 is 1.08 bits per heavy atom. The summed E-state index contributed by atoms with van der Waals surface area (Å²) < 4.78 is 26.8. The number of hydrogen-bond donors (Lipinski definition) is 0. The summed E-state index contributed by atoms with van der Waals surface area (Å²) in [6.07, 6.45) is 3.78. The second kappa shape index (κ2) is 7.49. The van der Waals surface area contributed by atoms with Gasteiger partial charge in [0.2, 0.25) is 0 Å². The van der Waals surface area contributed by atoms with Crippen molar-refractivity contribution in [2.24, 2.45) is 0 Å². The fraction of sp³-hybridized carbons (Fsp3) is 0.450. The molecular formula is C20H22ClF2N3. The van der Waals surface area contributed by atoms with Gasteiger partial charge >= 0.3 is 0 Å². The Labute approximate surface area is 157 Å². The molecule has 0 bridgehead atoms. The minimum Gasteiger partial charge on any atom is -0.353 e. The highest BCUT2D eigenvalue weighted by molar-refractivity contribution is 6.29. The topological polar surface area (TPSA) is 19.4 Å². The highest BCUT2D eigenvalue weighted by Crippen LogP contribution is 2.32. The number of likely N-dealkylation sites (tertiary alicyclic amines) is 1. The van der Waals surface area contributed by atoms with Gasteiger partial charge in [0.1, 0.15) is 22.6 Å². The van der Waals surface area contributed by atoms with Gasteiger partial charge in [-0.1, -0.05) is 23.7 Å². The third-order valence-corrected chi connectivity index (χ3v) is 5.74. The summed E-state index contributed by atoms with van der Waals surface area (Å²) in [4.78, 5) is 9.29. The van der Waals surface area contributed by atoms with Crippen LogP contribution >= 0.6 is 11.6 Å². The largest absolute Gasteiger partial charge is 0.353 e. The molecule has 1 fully saturated rings. The second-order valence-electron chi connectivity index (χ2n) is 7.12. The van der Waals surface area contributed by atoms with Crippen molar-refractivity contribution in [2.75, 3.05) is 31.1 Å². The van der Waals surface area contributed by atoms with Gasteiger partial charge in [0.25, 0.3) is 0 Å². The molecule has 1 aromatic carbocycles. The van der Waals surface area contributed by atoms with Crippen LogP contribution < -0.4 is 4.90 Å². The van der Waals surface area contributed by atoms with Crippen LogP contribution in [0.25, 0.3) is 0 Å². The molecule has 0 aliphatic carbocycles. The molecule has 3 heterocycles. The normalized spacial score (nSPS) is 18.3. The van der Waals surface area contributed by atoms with Crippen LogP contribution in [0.5, 0.6) is 0 Å². The lowest BCUT2D eigenvalue weighted by molar-refractivity contribution is 0.211. The van der Waals surface area contributed by atoms with Crippen LogP contribution in [0.3, 0.4) is 0 Å². The van der Waals surface area contributed by atoms with E-state index in [1.807, 2.05) is 6.07 Å². The first-order valence-corrected chi connectivity index (χ1v) is 9.56. The van der Waals surface area contributed by atoms with Gasteiger partial charge in [-0.25, -0.2) is 13.8 Å². The number of nitrogens with zero attached hydrogens (tertiary/aromatic N) is 3. The van der Waals surface area contributed by atoms with E-state index in [-0.39, 0.29) is 0 Å². The maximum absolute atomic E-state index is 13.8. The van der Waals surface area contributed by atoms with Crippen LogP contribution in [0.15, 0.2) is 30.3 Å². The molecule has 2 aliphatic rings. The summed E-state index contributed by atoms with van der Waals surface area (Å²) >= 11 is 6.07. The van der Waals surface area contributed by atoms with Crippen molar-refractivity contribution in [2.45, 2.75) is 31.7 Å². The number of aromatic nitrogens is 1. The molecule has 1 aromatic heterocycles. The third-order valence-electron chi connectivity index (χ3n) is 5.53. The van der Waals surface area contributed by atoms with Crippen LogP contribution in [-0.4, -0.2) is 42.1 Å². The average molecular weight is 378 g/mol. The molecule has 26 heavy (non-hydrogen) atoms. The number of benzene rings is 1. The molecule has 3 nitrogen and oxygen atoms in total. The summed E-state index contributed by atoms with van der Waals surface area (Å²) in [6.45, 7) is 3.78. The number of rotatable bonds is 4. The van der Waals surface area contributed by atoms with Crippen molar-refractivity contribution in [3.63, 3.8) is 0 Å². The Balaban J connectivity index is 1.32. The molecule has 0 atom stereocenters. The zero-order chi connectivity index (χ0) is 18.1. The lowest BCUT2D eigenvalue weighted by Crippen LogP contribution is -2.45. The molecule has 0 saturated carbocycles. The van der Waals surface area contributed by atoms with E-state index in [1.165, 1.54) is 11.6 Å². The minimum atomic E-state index is -0.522. The minimum absolute atomic E-state index is 0.448. The van der Waals surface area contributed by atoms with Gasteiger partial charge < -0.3 is 9.80 Å². The first-order chi connectivity index (χ1) is 12.6. The molecular weight excluding hydrogens is 356 g/mol. The Morgan fingerprint density at radius 2 is 1.88 bits per heavy atom. The molecule has 4 rings (SSSR count). The zero-order valence-electron chi connectivity index (χ0n) is 14.6. The van der Waals surface area contributed by atoms with Crippen molar-refractivity contribution in [1.82, 2.24) is 9.88 Å². The number of pyridine rings is 1. The van der Waals surface area contributed by atoms with Gasteiger partial charge in [0, 0.05) is 38.3 Å². The summed E-state index contributed by atoms with van der Waals surface area (Å²) in [7, 11) is 0. The van der Waals surface area contributed by atoms with Crippen LogP contribution in [0.2, 0.25) is 5.15 Å². The van der Waals surface area contributed by atoms with E-state index < -0.39 is 11.6 Å². The summed E-state index contributed by atoms with van der Waals surface area (Å²) in [6, 6.07) is 8.27. The SMILES string of the molecule is Fc1ccc(CCN2CCC(N3CCc4ccc(Cl)nc43)CC2)c(F)c1. The predicted molar refractivity (Wildman–Crippen MR) is 99.8 cm³/mol. The molecule has 1 saturated heterocycles. The Kier molecular flexibility index (Phi) is 5.09. The lowest BCUT2D eigenvalue weighted by atomic mass is 10.0. The van der Waals surface area contributed by atoms with E-state index in [2.05, 4.69) is 20.9 Å². The van der Waals surface area contributed by atoms with Crippen molar-refractivity contribution >= 4 is 17.4 Å². The fourth-order valence-corrected chi connectivity index (χ4v) is 4.20. The third kappa shape index (κ3) is 3.69. The summed E-state index contributed by atoms with van der Waals surface area (Å²) in [5, 5.41) is 0.550. The van der Waals surface area contributed by atoms with E-state index in [9.17, 15) is 8.78 Å². The van der Waals surface area contributed by atoms with Crippen LogP contribution in [0.4, 0.5) is 14.6 Å². The van der Waals surface area contributed by atoms with Crippen molar-refractivity contribution < 1.29 is 8.78 Å². The number of halogens is 3. The number of piperidine rings is 1. The molecule has 0 spiro atoms. The lowest BCUT2D eigenvalue weighted by Gasteiger charge is -2.37. The Hall–Kier alpha value is -1.72. The zero-order valence-corrected chi connectivity index (χ0v) is 15.4. The predicted octanol–water partition coefficient (Wildman–Crippen LogP) is 4.08. The average Bonchev–Trinajstić information content (AvgIpc) is 3.04. The summed E-state index contributed by atoms with van der Waals surface area (Å²) in [5.74, 6) is 0.0764. The molecule has 0 N–H and O–H groups in total. The standard InChI is InChI=1S/C20H22ClF2N3/c21-19-4-2-15-6-12-26(20(15)24-19)17-7-10-25(11-8-17)9-5-14-1-3-16(22)13-18(14)23/h1-4,13,17H,5-12H2. The number of fused-ring (bicyclic) bond motifs is 1. The van der Waals surface area contributed by atoms with Gasteiger partial charge in [0.15, 0.2) is 0 Å². The van der Waals surface area contributed by atoms with E-state index in [1.54, 1.807) is 6.07 Å². The van der Waals surface area contributed by atoms with Crippen LogP contribution in [-0.2, 0) is 12.8 Å². The van der Waals surface area contributed by atoms with Crippen molar-refractivity contribution in [1.29, 1.82) is 0 Å². The van der Waals surface area contributed by atoms with E-state index in [0.717, 1.165) is 57.3 Å². The quantitative estimate of drug-likeness (QED) is 0.748. The van der Waals surface area contributed by atoms with Crippen molar-refractivity contribution in [3.8, 4) is 0 Å². The Bertz CT molecular complexity index is 791. The maximum atomic E-state index is 13.8. The van der Waals surface area contributed by atoms with E-state index >= 15 is 0 Å². The van der Waals surface area contributed by atoms with Crippen LogP contribution in [0, 0.1) is 11.6 Å². The molecule has 2 aromatic rings. The first-order valence-electron chi connectivity index (χ1n) is 9.18. The molecule has 0 unspecified atom stereocenters. The summed E-state index contributed by atoms with van der Waals surface area (Å²) in [5.41, 5.74) is 1.87. The fourth-order valence-electron chi connectivity index (χ4n) is 4.06. The number of anilines is 1. The second-order valence-corrected chi connectivity index (χ2v) is 7.51. The highest BCUT2D eigenvalue weighted by atomic mass is 35.5. The smallest absolute Gasteiger partial charge is 0.133 e. The van der Waals surface area contributed by atoms with E-state index in [0.29, 0.717) is 23.2 Å². The monoisotopic (exact) mass is 377 g/mol. The maximum Gasteiger partial charge on any atom is 0.133 e. The van der Waals surface area contributed by atoms with Gasteiger partial charge in [-0.2, -0.15) is 0 Å². The first kappa shape index (κ1) is 17.7. The van der Waals surface area contributed by atoms with Gasteiger partial charge in [0.05, 0.1) is 0 Å². The molecule has 6 heteroatoms. The molecule has 0 radical (unpaired) electrons. The van der Waals surface area contributed by atoms with Crippen LogP contribution in [0.1, 0.15) is 24.0 Å². The van der Waals surface area contributed by atoms with E-state index in [4.69, 9.17) is 11.6 Å². The molecule has 2 aliphatic heterocycles. The highest BCUT2D eigenvalue weighted by Gasteiger charge is 2.30. The van der Waals surface area contributed by atoms with Crippen molar-refractivity contribution in [3.05, 3.63) is 58.2 Å². The van der Waals surface area contributed by atoms with Gasteiger partial charge in [-0.3, -0.25) is 0 Å². The van der Waals surface area contributed by atoms with Gasteiger partial charge in [-0.05, 0) is 48.9 Å².